The molecule has 0 amide bonds. The van der Waals surface area contributed by atoms with Crippen molar-refractivity contribution in [2.75, 3.05) is 0 Å². The minimum Gasteiger partial charge on any atom is -0.462 e. The lowest BCUT2D eigenvalue weighted by molar-refractivity contribution is -0.153. The number of hydrogen-bond acceptors (Lipinski definition) is 3. The fraction of sp³-hybridized carbons (Fsp3) is 0.933. The lowest BCUT2D eigenvalue weighted by Gasteiger charge is -2.39. The van der Waals surface area contributed by atoms with Gasteiger partial charge in [0.25, 0.3) is 0 Å². The number of rotatable bonds is 6. The Morgan fingerprint density at radius 3 is 2.53 bits per heavy atom. The molecular weight excluding hydrogens is 355 g/mol. The standard InChI is InChI=1S/C15H27IO3/c1-4-13(16)14(17)19-12-9-7-8-11(10-12)15(18,5-2)6-3/h11-13,18H,4-10H2,1-3H3. The van der Waals surface area contributed by atoms with Crippen LogP contribution in [0.3, 0.4) is 0 Å². The van der Waals surface area contributed by atoms with Crippen molar-refractivity contribution in [1.29, 1.82) is 0 Å². The third kappa shape index (κ3) is 4.59. The Morgan fingerprint density at radius 2 is 2.00 bits per heavy atom. The molecule has 19 heavy (non-hydrogen) atoms. The number of carbonyl (C=O) groups excluding carboxylic acids is 1. The number of esters is 1. The van der Waals surface area contributed by atoms with Gasteiger partial charge in [0.15, 0.2) is 0 Å². The molecule has 1 rings (SSSR count). The Balaban J connectivity index is 2.57. The van der Waals surface area contributed by atoms with Crippen molar-refractivity contribution in [3.05, 3.63) is 0 Å². The van der Waals surface area contributed by atoms with Crippen molar-refractivity contribution in [2.45, 2.75) is 81.3 Å². The fourth-order valence-electron chi connectivity index (χ4n) is 2.97. The van der Waals surface area contributed by atoms with E-state index in [0.717, 1.165) is 44.9 Å². The highest BCUT2D eigenvalue weighted by atomic mass is 127. The average molecular weight is 382 g/mol. The molecule has 0 aromatic heterocycles. The highest BCUT2D eigenvalue weighted by Gasteiger charge is 2.38. The maximum Gasteiger partial charge on any atom is 0.319 e. The van der Waals surface area contributed by atoms with Crippen LogP contribution in [0.25, 0.3) is 0 Å². The predicted octanol–water partition coefficient (Wildman–Crippen LogP) is 3.85. The number of ether oxygens (including phenoxy) is 1. The van der Waals surface area contributed by atoms with Crippen LogP contribution in [-0.2, 0) is 9.53 Å². The zero-order valence-corrected chi connectivity index (χ0v) is 14.5. The van der Waals surface area contributed by atoms with Gasteiger partial charge in [0.05, 0.1) is 5.60 Å². The topological polar surface area (TPSA) is 46.5 Å². The summed E-state index contributed by atoms with van der Waals surface area (Å²) in [6, 6.07) is 0. The summed E-state index contributed by atoms with van der Waals surface area (Å²) >= 11 is 2.14. The van der Waals surface area contributed by atoms with Gasteiger partial charge in [-0.1, -0.05) is 43.4 Å². The SMILES string of the molecule is CCC(I)C(=O)OC1CCCC(C(O)(CC)CC)C1. The highest BCUT2D eigenvalue weighted by molar-refractivity contribution is 14.1. The van der Waals surface area contributed by atoms with E-state index in [0.29, 0.717) is 0 Å². The lowest BCUT2D eigenvalue weighted by atomic mass is 9.73. The molecule has 112 valence electrons. The van der Waals surface area contributed by atoms with E-state index in [-0.39, 0.29) is 21.9 Å². The first-order valence-electron chi connectivity index (χ1n) is 7.53. The summed E-state index contributed by atoms with van der Waals surface area (Å²) < 4.78 is 5.55. The van der Waals surface area contributed by atoms with Crippen LogP contribution in [0.15, 0.2) is 0 Å². The molecule has 1 saturated carbocycles. The average Bonchev–Trinajstić information content (AvgIpc) is 2.45. The van der Waals surface area contributed by atoms with Gasteiger partial charge >= 0.3 is 5.97 Å². The van der Waals surface area contributed by atoms with E-state index >= 15 is 0 Å². The number of halogens is 1. The first-order chi connectivity index (χ1) is 8.96. The van der Waals surface area contributed by atoms with E-state index < -0.39 is 5.60 Å². The second-order valence-electron chi connectivity index (χ2n) is 5.61. The Morgan fingerprint density at radius 1 is 1.37 bits per heavy atom. The minimum absolute atomic E-state index is 0.000286. The molecule has 1 aliphatic carbocycles. The molecule has 1 fully saturated rings. The summed E-state index contributed by atoms with van der Waals surface area (Å²) in [4.78, 5) is 11.8. The third-order valence-corrected chi connectivity index (χ3v) is 5.90. The molecular formula is C15H27IO3. The van der Waals surface area contributed by atoms with Crippen LogP contribution in [-0.4, -0.2) is 26.7 Å². The van der Waals surface area contributed by atoms with E-state index in [9.17, 15) is 9.90 Å². The van der Waals surface area contributed by atoms with Crippen molar-refractivity contribution < 1.29 is 14.6 Å². The van der Waals surface area contributed by atoms with E-state index in [4.69, 9.17) is 4.74 Å². The zero-order chi connectivity index (χ0) is 14.5. The van der Waals surface area contributed by atoms with Crippen molar-refractivity contribution in [3.63, 3.8) is 0 Å². The van der Waals surface area contributed by atoms with Crippen molar-refractivity contribution >= 4 is 28.6 Å². The molecule has 3 nitrogen and oxygen atoms in total. The van der Waals surface area contributed by atoms with Gasteiger partial charge in [-0.3, -0.25) is 4.79 Å². The van der Waals surface area contributed by atoms with Crippen molar-refractivity contribution in [2.24, 2.45) is 5.92 Å². The van der Waals surface area contributed by atoms with Crippen LogP contribution in [0.1, 0.15) is 65.7 Å². The molecule has 4 heteroatoms. The molecule has 0 radical (unpaired) electrons. The van der Waals surface area contributed by atoms with Crippen LogP contribution in [0, 0.1) is 5.92 Å². The molecule has 0 aliphatic heterocycles. The maximum absolute atomic E-state index is 11.8. The smallest absolute Gasteiger partial charge is 0.319 e. The van der Waals surface area contributed by atoms with Gasteiger partial charge in [-0.15, -0.1) is 0 Å². The number of carbonyl (C=O) groups is 1. The molecule has 3 atom stereocenters. The van der Waals surface area contributed by atoms with E-state index in [1.165, 1.54) is 0 Å². The van der Waals surface area contributed by atoms with Crippen LogP contribution in [0.4, 0.5) is 0 Å². The lowest BCUT2D eigenvalue weighted by Crippen LogP contribution is -2.41. The largest absolute Gasteiger partial charge is 0.462 e. The monoisotopic (exact) mass is 382 g/mol. The van der Waals surface area contributed by atoms with Crippen molar-refractivity contribution in [3.8, 4) is 0 Å². The molecule has 0 bridgehead atoms. The second-order valence-corrected chi connectivity index (χ2v) is 7.11. The number of aliphatic hydroxyl groups is 1. The first-order valence-corrected chi connectivity index (χ1v) is 8.78. The van der Waals surface area contributed by atoms with Gasteiger partial charge in [-0.05, 0) is 50.9 Å². The third-order valence-electron chi connectivity index (χ3n) is 4.51. The molecule has 0 spiro atoms. The summed E-state index contributed by atoms with van der Waals surface area (Å²) in [6.45, 7) is 6.07. The summed E-state index contributed by atoms with van der Waals surface area (Å²) in [5, 5.41) is 10.6. The quantitative estimate of drug-likeness (QED) is 0.431. The van der Waals surface area contributed by atoms with Crippen LogP contribution >= 0.6 is 22.6 Å². The summed E-state index contributed by atoms with van der Waals surface area (Å²) in [5.41, 5.74) is -0.584. The number of hydrogen-bond donors (Lipinski definition) is 1. The Bertz CT molecular complexity index is 289. The predicted molar refractivity (Wildman–Crippen MR) is 85.5 cm³/mol. The summed E-state index contributed by atoms with van der Waals surface area (Å²) in [5.74, 6) is 0.175. The highest BCUT2D eigenvalue weighted by Crippen LogP contribution is 2.38. The van der Waals surface area contributed by atoms with Gasteiger partial charge in [0.1, 0.15) is 10.0 Å². The molecule has 0 aromatic carbocycles. The minimum atomic E-state index is -0.584. The second kappa shape index (κ2) is 7.81. The number of alkyl halides is 1. The molecule has 1 N–H and O–H groups in total. The van der Waals surface area contributed by atoms with Gasteiger partial charge in [-0.2, -0.15) is 0 Å². The molecule has 0 aromatic rings. The van der Waals surface area contributed by atoms with E-state index in [1.54, 1.807) is 0 Å². The summed E-state index contributed by atoms with van der Waals surface area (Å²) in [7, 11) is 0. The Hall–Kier alpha value is 0.160. The Labute approximate surface area is 130 Å². The van der Waals surface area contributed by atoms with Crippen LogP contribution in [0.2, 0.25) is 0 Å². The van der Waals surface area contributed by atoms with Gasteiger partial charge < -0.3 is 9.84 Å². The summed E-state index contributed by atoms with van der Waals surface area (Å²) in [6.07, 6.45) is 6.22. The molecule has 0 saturated heterocycles. The van der Waals surface area contributed by atoms with E-state index in [2.05, 4.69) is 22.6 Å². The van der Waals surface area contributed by atoms with Gasteiger partial charge in [0.2, 0.25) is 0 Å². The zero-order valence-electron chi connectivity index (χ0n) is 12.3. The van der Waals surface area contributed by atoms with Gasteiger partial charge in [-0.25, -0.2) is 0 Å². The van der Waals surface area contributed by atoms with Crippen LogP contribution < -0.4 is 0 Å². The molecule has 0 heterocycles. The molecule has 1 aliphatic rings. The fourth-order valence-corrected chi connectivity index (χ4v) is 3.12. The van der Waals surface area contributed by atoms with Gasteiger partial charge in [0, 0.05) is 0 Å². The first kappa shape index (κ1) is 17.2. The van der Waals surface area contributed by atoms with Crippen LogP contribution in [0.5, 0.6) is 0 Å². The van der Waals surface area contributed by atoms with Crippen molar-refractivity contribution in [1.82, 2.24) is 0 Å². The maximum atomic E-state index is 11.8. The Kier molecular flexibility index (Phi) is 7.08. The van der Waals surface area contributed by atoms with E-state index in [1.807, 2.05) is 20.8 Å². The normalized spacial score (nSPS) is 25.9. The molecule has 3 unspecified atom stereocenters.